The van der Waals surface area contributed by atoms with Crippen LogP contribution in [0.5, 0.6) is 0 Å². The molecule has 0 unspecified atom stereocenters. The van der Waals surface area contributed by atoms with E-state index in [1.165, 1.54) is 12.1 Å². The van der Waals surface area contributed by atoms with Gasteiger partial charge in [0.2, 0.25) is 0 Å². The van der Waals surface area contributed by atoms with Gasteiger partial charge in [0.15, 0.2) is 0 Å². The molecule has 1 aliphatic heterocycles. The fourth-order valence-electron chi connectivity index (χ4n) is 1.91. The SMILES string of the molecule is CC1=C(c2ccc(F)cc2F)CCNC1. The quantitative estimate of drug-likeness (QED) is 0.749. The molecular weight excluding hydrogens is 196 g/mol. The van der Waals surface area contributed by atoms with Gasteiger partial charge in [-0.25, -0.2) is 8.78 Å². The monoisotopic (exact) mass is 209 g/mol. The van der Waals surface area contributed by atoms with Crippen molar-refractivity contribution in [3.05, 3.63) is 41.0 Å². The largest absolute Gasteiger partial charge is 0.313 e. The van der Waals surface area contributed by atoms with E-state index in [0.29, 0.717) is 5.56 Å². The van der Waals surface area contributed by atoms with E-state index in [1.54, 1.807) is 0 Å². The van der Waals surface area contributed by atoms with Crippen LogP contribution in [-0.4, -0.2) is 13.1 Å². The standard InChI is InChI=1S/C12H13F2N/c1-8-7-15-5-4-10(8)11-3-2-9(13)6-12(11)14/h2-3,6,15H,4-5,7H2,1H3. The fraction of sp³-hybridized carbons (Fsp3) is 0.333. The van der Waals surface area contributed by atoms with Gasteiger partial charge in [-0.05, 0) is 37.6 Å². The lowest BCUT2D eigenvalue weighted by atomic mass is 9.95. The van der Waals surface area contributed by atoms with Gasteiger partial charge in [-0.15, -0.1) is 0 Å². The Morgan fingerprint density at radius 3 is 2.73 bits per heavy atom. The summed E-state index contributed by atoms with van der Waals surface area (Å²) >= 11 is 0. The molecule has 0 spiro atoms. The summed E-state index contributed by atoms with van der Waals surface area (Å²) in [6, 6.07) is 3.77. The van der Waals surface area contributed by atoms with Gasteiger partial charge < -0.3 is 5.32 Å². The maximum absolute atomic E-state index is 13.5. The van der Waals surface area contributed by atoms with Crippen molar-refractivity contribution in [3.8, 4) is 0 Å². The van der Waals surface area contributed by atoms with Crippen LogP contribution in [-0.2, 0) is 0 Å². The Hall–Kier alpha value is -1.22. The molecule has 0 amide bonds. The zero-order valence-corrected chi connectivity index (χ0v) is 8.61. The van der Waals surface area contributed by atoms with E-state index in [2.05, 4.69) is 5.32 Å². The van der Waals surface area contributed by atoms with Gasteiger partial charge in [0.05, 0.1) is 0 Å². The van der Waals surface area contributed by atoms with Crippen LogP contribution in [0, 0.1) is 11.6 Å². The maximum atomic E-state index is 13.5. The molecule has 2 rings (SSSR count). The zero-order valence-electron chi connectivity index (χ0n) is 8.61. The molecule has 0 saturated carbocycles. The van der Waals surface area contributed by atoms with Gasteiger partial charge in [-0.2, -0.15) is 0 Å². The third kappa shape index (κ3) is 2.07. The van der Waals surface area contributed by atoms with E-state index in [0.717, 1.165) is 36.7 Å². The molecule has 1 aromatic carbocycles. The summed E-state index contributed by atoms with van der Waals surface area (Å²) in [6.45, 7) is 3.61. The lowest BCUT2D eigenvalue weighted by molar-refractivity contribution is 0.579. The molecule has 1 nitrogen and oxygen atoms in total. The maximum Gasteiger partial charge on any atom is 0.133 e. The van der Waals surface area contributed by atoms with E-state index < -0.39 is 11.6 Å². The third-order valence-electron chi connectivity index (χ3n) is 2.71. The highest BCUT2D eigenvalue weighted by Gasteiger charge is 2.14. The first-order chi connectivity index (χ1) is 7.18. The summed E-state index contributed by atoms with van der Waals surface area (Å²) in [5.41, 5.74) is 2.67. The Bertz CT molecular complexity index is 410. The van der Waals surface area contributed by atoms with E-state index in [-0.39, 0.29) is 0 Å². The number of hydrogen-bond donors (Lipinski definition) is 1. The molecule has 80 valence electrons. The van der Waals surface area contributed by atoms with Gasteiger partial charge >= 0.3 is 0 Å². The first-order valence-electron chi connectivity index (χ1n) is 5.03. The second kappa shape index (κ2) is 4.11. The number of halogens is 2. The van der Waals surface area contributed by atoms with Crippen molar-refractivity contribution in [3.63, 3.8) is 0 Å². The minimum Gasteiger partial charge on any atom is -0.313 e. The Balaban J connectivity index is 2.44. The van der Waals surface area contributed by atoms with Crippen LogP contribution in [0.15, 0.2) is 23.8 Å². The van der Waals surface area contributed by atoms with Crippen molar-refractivity contribution in [1.29, 1.82) is 0 Å². The highest BCUT2D eigenvalue weighted by Crippen LogP contribution is 2.26. The van der Waals surface area contributed by atoms with E-state index in [1.807, 2.05) is 6.92 Å². The van der Waals surface area contributed by atoms with Crippen molar-refractivity contribution >= 4 is 5.57 Å². The fourth-order valence-corrected chi connectivity index (χ4v) is 1.91. The molecular formula is C12H13F2N. The number of hydrogen-bond acceptors (Lipinski definition) is 1. The summed E-state index contributed by atoms with van der Waals surface area (Å²) in [6.07, 6.45) is 0.800. The zero-order chi connectivity index (χ0) is 10.8. The minimum atomic E-state index is -0.525. The summed E-state index contributed by atoms with van der Waals surface area (Å²) in [4.78, 5) is 0. The van der Waals surface area contributed by atoms with Crippen LogP contribution in [0.3, 0.4) is 0 Å². The van der Waals surface area contributed by atoms with Crippen LogP contribution < -0.4 is 5.32 Å². The second-order valence-electron chi connectivity index (χ2n) is 3.81. The Labute approximate surface area is 87.8 Å². The van der Waals surface area contributed by atoms with Crippen LogP contribution in [0.1, 0.15) is 18.9 Å². The summed E-state index contributed by atoms with van der Waals surface area (Å²) in [5, 5.41) is 3.21. The van der Waals surface area contributed by atoms with E-state index >= 15 is 0 Å². The third-order valence-corrected chi connectivity index (χ3v) is 2.71. The molecule has 0 saturated heterocycles. The molecule has 0 fully saturated rings. The average Bonchev–Trinajstić information content (AvgIpc) is 2.20. The number of rotatable bonds is 1. The lowest BCUT2D eigenvalue weighted by Gasteiger charge is -2.19. The number of nitrogens with one attached hydrogen (secondary N) is 1. The Morgan fingerprint density at radius 1 is 1.27 bits per heavy atom. The molecule has 0 aromatic heterocycles. The minimum absolute atomic E-state index is 0.466. The highest BCUT2D eigenvalue weighted by atomic mass is 19.1. The van der Waals surface area contributed by atoms with E-state index in [4.69, 9.17) is 0 Å². The van der Waals surface area contributed by atoms with Gasteiger partial charge in [-0.3, -0.25) is 0 Å². The van der Waals surface area contributed by atoms with E-state index in [9.17, 15) is 8.78 Å². The first kappa shape index (κ1) is 10.3. The topological polar surface area (TPSA) is 12.0 Å². The first-order valence-corrected chi connectivity index (χ1v) is 5.03. The second-order valence-corrected chi connectivity index (χ2v) is 3.81. The van der Waals surface area contributed by atoms with Crippen molar-refractivity contribution < 1.29 is 8.78 Å². The molecule has 15 heavy (non-hydrogen) atoms. The van der Waals surface area contributed by atoms with Crippen LogP contribution >= 0.6 is 0 Å². The average molecular weight is 209 g/mol. The van der Waals surface area contributed by atoms with Crippen molar-refractivity contribution in [2.45, 2.75) is 13.3 Å². The molecule has 1 N–H and O–H groups in total. The molecule has 0 atom stereocenters. The number of benzene rings is 1. The van der Waals surface area contributed by atoms with Crippen molar-refractivity contribution in [2.75, 3.05) is 13.1 Å². The van der Waals surface area contributed by atoms with Gasteiger partial charge in [-0.1, -0.05) is 5.57 Å². The lowest BCUT2D eigenvalue weighted by Crippen LogP contribution is -2.23. The Morgan fingerprint density at radius 2 is 2.07 bits per heavy atom. The summed E-state index contributed by atoms with van der Waals surface area (Å²) in [5.74, 6) is -0.991. The molecule has 1 aromatic rings. The van der Waals surface area contributed by atoms with Crippen LogP contribution in [0.2, 0.25) is 0 Å². The smallest absolute Gasteiger partial charge is 0.133 e. The summed E-state index contributed by atoms with van der Waals surface area (Å²) < 4.78 is 26.3. The Kier molecular flexibility index (Phi) is 2.82. The normalized spacial score (nSPS) is 17.0. The van der Waals surface area contributed by atoms with Gasteiger partial charge in [0.25, 0.3) is 0 Å². The molecule has 3 heteroatoms. The molecule has 0 radical (unpaired) electrons. The van der Waals surface area contributed by atoms with Gasteiger partial charge in [0, 0.05) is 18.2 Å². The van der Waals surface area contributed by atoms with Crippen LogP contribution in [0.25, 0.3) is 5.57 Å². The predicted octanol–water partition coefficient (Wildman–Crippen LogP) is 2.73. The van der Waals surface area contributed by atoms with Crippen molar-refractivity contribution in [2.24, 2.45) is 0 Å². The molecule has 1 heterocycles. The molecule has 1 aliphatic rings. The predicted molar refractivity (Wildman–Crippen MR) is 56.4 cm³/mol. The van der Waals surface area contributed by atoms with Crippen molar-refractivity contribution in [1.82, 2.24) is 5.32 Å². The van der Waals surface area contributed by atoms with Gasteiger partial charge in [0.1, 0.15) is 11.6 Å². The molecule has 0 aliphatic carbocycles. The summed E-state index contributed by atoms with van der Waals surface area (Å²) in [7, 11) is 0. The van der Waals surface area contributed by atoms with Crippen LogP contribution in [0.4, 0.5) is 8.78 Å². The highest BCUT2D eigenvalue weighted by molar-refractivity contribution is 5.70. The molecule has 0 bridgehead atoms.